The molecule has 0 aliphatic heterocycles. The summed E-state index contributed by atoms with van der Waals surface area (Å²) < 4.78 is 0. The van der Waals surface area contributed by atoms with Crippen molar-refractivity contribution in [2.75, 3.05) is 0 Å². The van der Waals surface area contributed by atoms with Crippen molar-refractivity contribution >= 4 is 34.1 Å². The molecule has 0 unspecified atom stereocenters. The Morgan fingerprint density at radius 1 is 0.625 bits per heavy atom. The van der Waals surface area contributed by atoms with Gasteiger partial charge in [0.1, 0.15) is 0 Å². The molecule has 4 rings (SSSR count). The van der Waals surface area contributed by atoms with Crippen molar-refractivity contribution < 1.29 is 0 Å². The highest BCUT2D eigenvalue weighted by Gasteiger charge is 2.10. The molecule has 24 heavy (non-hydrogen) atoms. The minimum atomic E-state index is 0.605. The van der Waals surface area contributed by atoms with Crippen molar-refractivity contribution in [2.45, 2.75) is 0 Å². The Balaban J connectivity index is 2.01. The average Bonchev–Trinajstić information content (AvgIpc) is 2.61. The van der Waals surface area contributed by atoms with Crippen LogP contribution in [-0.4, -0.2) is 4.98 Å². The van der Waals surface area contributed by atoms with Crippen LogP contribution in [0.2, 0.25) is 10.0 Å². The summed E-state index contributed by atoms with van der Waals surface area (Å²) >= 11 is 12.3. The fourth-order valence-electron chi connectivity index (χ4n) is 2.88. The molecule has 0 amide bonds. The number of benzene rings is 3. The quantitative estimate of drug-likeness (QED) is 0.384. The molecule has 3 aromatic carbocycles. The van der Waals surface area contributed by atoms with Crippen LogP contribution in [0.25, 0.3) is 33.3 Å². The van der Waals surface area contributed by atoms with Gasteiger partial charge in [0.05, 0.1) is 11.2 Å². The van der Waals surface area contributed by atoms with E-state index in [0.717, 1.165) is 33.3 Å². The predicted molar refractivity (Wildman–Crippen MR) is 103 cm³/mol. The van der Waals surface area contributed by atoms with Crippen LogP contribution < -0.4 is 0 Å². The number of aromatic nitrogens is 1. The number of para-hydroxylation sites is 1. The van der Waals surface area contributed by atoms with Crippen LogP contribution >= 0.6 is 23.2 Å². The maximum atomic E-state index is 6.16. The molecule has 0 radical (unpaired) electrons. The number of hydrogen-bond acceptors (Lipinski definition) is 1. The monoisotopic (exact) mass is 349 g/mol. The van der Waals surface area contributed by atoms with E-state index in [9.17, 15) is 0 Å². The molecule has 0 fully saturated rings. The molecule has 0 N–H and O–H groups in total. The van der Waals surface area contributed by atoms with Gasteiger partial charge in [0.25, 0.3) is 0 Å². The number of pyridine rings is 1. The van der Waals surface area contributed by atoms with Crippen molar-refractivity contribution in [3.05, 3.63) is 88.9 Å². The van der Waals surface area contributed by atoms with E-state index < -0.39 is 0 Å². The van der Waals surface area contributed by atoms with Gasteiger partial charge < -0.3 is 0 Å². The summed E-state index contributed by atoms with van der Waals surface area (Å²) in [4.78, 5) is 4.80. The van der Waals surface area contributed by atoms with Crippen LogP contribution in [0.1, 0.15) is 0 Å². The van der Waals surface area contributed by atoms with E-state index in [4.69, 9.17) is 28.2 Å². The number of rotatable bonds is 2. The fourth-order valence-corrected chi connectivity index (χ4v) is 3.41. The third-order valence-corrected chi connectivity index (χ3v) is 4.40. The van der Waals surface area contributed by atoms with Gasteiger partial charge in [0.2, 0.25) is 0 Å². The molecule has 0 bridgehead atoms. The molecule has 1 nitrogen and oxygen atoms in total. The van der Waals surface area contributed by atoms with E-state index in [-0.39, 0.29) is 0 Å². The number of nitrogens with zero attached hydrogens (tertiary/aromatic N) is 1. The Morgan fingerprint density at radius 3 is 2.04 bits per heavy atom. The molecule has 0 atom stereocenters. The van der Waals surface area contributed by atoms with Crippen molar-refractivity contribution in [1.82, 2.24) is 4.98 Å². The van der Waals surface area contributed by atoms with Crippen LogP contribution in [0.15, 0.2) is 78.9 Å². The normalized spacial score (nSPS) is 10.9. The molecule has 0 spiro atoms. The Bertz CT molecular complexity index is 1010. The molecule has 0 aliphatic rings. The van der Waals surface area contributed by atoms with Crippen LogP contribution in [0.5, 0.6) is 0 Å². The lowest BCUT2D eigenvalue weighted by atomic mass is 9.98. The van der Waals surface area contributed by atoms with Gasteiger partial charge in [-0.15, -0.1) is 0 Å². The average molecular weight is 350 g/mol. The van der Waals surface area contributed by atoms with Crippen molar-refractivity contribution in [2.24, 2.45) is 0 Å². The number of fused-ring (bicyclic) bond motifs is 1. The lowest BCUT2D eigenvalue weighted by Crippen LogP contribution is -1.90. The Morgan fingerprint density at radius 2 is 1.29 bits per heavy atom. The summed E-state index contributed by atoms with van der Waals surface area (Å²) in [6.07, 6.45) is 0. The number of hydrogen-bond donors (Lipinski definition) is 0. The Hall–Kier alpha value is -2.35. The molecule has 4 aromatic rings. The topological polar surface area (TPSA) is 12.9 Å². The summed E-state index contributed by atoms with van der Waals surface area (Å²) in [5.74, 6) is 0. The van der Waals surface area contributed by atoms with Crippen molar-refractivity contribution in [3.63, 3.8) is 0 Å². The lowest BCUT2D eigenvalue weighted by Gasteiger charge is -2.11. The largest absolute Gasteiger partial charge is 0.248 e. The molecule has 1 aromatic heterocycles. The second-order valence-electron chi connectivity index (χ2n) is 5.60. The molecule has 116 valence electrons. The summed E-state index contributed by atoms with van der Waals surface area (Å²) in [7, 11) is 0. The van der Waals surface area contributed by atoms with Gasteiger partial charge in [-0.05, 0) is 41.5 Å². The third kappa shape index (κ3) is 2.89. The SMILES string of the molecule is Clc1cc(Cl)cc(-c2cc(-c3ccccc3)c3ccccc3n2)c1. The van der Waals surface area contributed by atoms with E-state index in [1.165, 1.54) is 0 Å². The molecule has 0 saturated heterocycles. The molecule has 1 heterocycles. The van der Waals surface area contributed by atoms with Gasteiger partial charge in [-0.2, -0.15) is 0 Å². The Kier molecular flexibility index (Phi) is 3.97. The summed E-state index contributed by atoms with van der Waals surface area (Å²) in [5.41, 5.74) is 5.02. The first-order chi connectivity index (χ1) is 11.7. The first-order valence-corrected chi connectivity index (χ1v) is 8.38. The van der Waals surface area contributed by atoms with Gasteiger partial charge in [-0.25, -0.2) is 4.98 Å². The fraction of sp³-hybridized carbons (Fsp3) is 0. The zero-order chi connectivity index (χ0) is 16.5. The van der Waals surface area contributed by atoms with E-state index >= 15 is 0 Å². The van der Waals surface area contributed by atoms with Crippen LogP contribution in [0.3, 0.4) is 0 Å². The van der Waals surface area contributed by atoms with Gasteiger partial charge in [0, 0.05) is 21.0 Å². The molecule has 3 heteroatoms. The van der Waals surface area contributed by atoms with Gasteiger partial charge in [-0.1, -0.05) is 71.7 Å². The smallest absolute Gasteiger partial charge is 0.0716 e. The standard InChI is InChI=1S/C21H13Cl2N/c22-16-10-15(11-17(23)12-16)21-13-19(14-6-2-1-3-7-14)18-8-4-5-9-20(18)24-21/h1-13H. The maximum Gasteiger partial charge on any atom is 0.0716 e. The molecule has 0 saturated carbocycles. The first-order valence-electron chi connectivity index (χ1n) is 7.62. The Labute approximate surface area is 150 Å². The van der Waals surface area contributed by atoms with Gasteiger partial charge >= 0.3 is 0 Å². The number of halogens is 2. The predicted octanol–water partition coefficient (Wildman–Crippen LogP) is 6.88. The third-order valence-electron chi connectivity index (χ3n) is 3.96. The van der Waals surface area contributed by atoms with Gasteiger partial charge in [-0.3, -0.25) is 0 Å². The minimum Gasteiger partial charge on any atom is -0.248 e. The zero-order valence-electron chi connectivity index (χ0n) is 12.7. The highest BCUT2D eigenvalue weighted by atomic mass is 35.5. The highest BCUT2D eigenvalue weighted by Crippen LogP contribution is 2.33. The molecular formula is C21H13Cl2N. The maximum absolute atomic E-state index is 6.16. The van der Waals surface area contributed by atoms with Gasteiger partial charge in [0.15, 0.2) is 0 Å². The highest BCUT2D eigenvalue weighted by molar-refractivity contribution is 6.35. The van der Waals surface area contributed by atoms with E-state index in [0.29, 0.717) is 10.0 Å². The van der Waals surface area contributed by atoms with E-state index in [2.05, 4.69) is 24.3 Å². The van der Waals surface area contributed by atoms with Crippen LogP contribution in [0, 0.1) is 0 Å². The van der Waals surface area contributed by atoms with E-state index in [1.54, 1.807) is 6.07 Å². The minimum absolute atomic E-state index is 0.605. The lowest BCUT2D eigenvalue weighted by molar-refractivity contribution is 1.40. The summed E-state index contributed by atoms with van der Waals surface area (Å²) in [6, 6.07) is 26.1. The van der Waals surface area contributed by atoms with Crippen molar-refractivity contribution in [1.29, 1.82) is 0 Å². The first kappa shape index (κ1) is 15.2. The van der Waals surface area contributed by atoms with Crippen LogP contribution in [-0.2, 0) is 0 Å². The summed E-state index contributed by atoms with van der Waals surface area (Å²) in [5, 5.41) is 2.34. The second kappa shape index (κ2) is 6.27. The second-order valence-corrected chi connectivity index (χ2v) is 6.47. The van der Waals surface area contributed by atoms with Crippen LogP contribution in [0.4, 0.5) is 0 Å². The van der Waals surface area contributed by atoms with E-state index in [1.807, 2.05) is 48.5 Å². The van der Waals surface area contributed by atoms with Crippen molar-refractivity contribution in [3.8, 4) is 22.4 Å². The molecule has 0 aliphatic carbocycles. The summed E-state index contributed by atoms with van der Waals surface area (Å²) in [6.45, 7) is 0. The molecular weight excluding hydrogens is 337 g/mol. The zero-order valence-corrected chi connectivity index (χ0v) is 14.2.